The van der Waals surface area contributed by atoms with Crippen molar-refractivity contribution in [1.82, 2.24) is 20.6 Å². The molecule has 0 unspecified atom stereocenters. The van der Waals surface area contributed by atoms with Gasteiger partial charge in [-0.25, -0.2) is 4.98 Å². The maximum absolute atomic E-state index is 12.1. The van der Waals surface area contributed by atoms with Gasteiger partial charge in [-0.3, -0.25) is 9.59 Å². The van der Waals surface area contributed by atoms with E-state index in [4.69, 9.17) is 23.2 Å². The van der Waals surface area contributed by atoms with E-state index in [0.717, 1.165) is 29.7 Å². The van der Waals surface area contributed by atoms with Crippen molar-refractivity contribution in [2.45, 2.75) is 12.8 Å². The van der Waals surface area contributed by atoms with Crippen LogP contribution in [0, 0.1) is 0 Å². The maximum Gasteiger partial charge on any atom is 0.253 e. The van der Waals surface area contributed by atoms with Crippen LogP contribution in [0.5, 0.6) is 0 Å². The molecule has 0 atom stereocenters. The Kier molecular flexibility index (Phi) is 6.32. The lowest BCUT2D eigenvalue weighted by molar-refractivity contribution is -0.120. The van der Waals surface area contributed by atoms with Gasteiger partial charge in [0.05, 0.1) is 28.2 Å². The van der Waals surface area contributed by atoms with E-state index in [1.54, 1.807) is 6.07 Å². The first-order valence-corrected chi connectivity index (χ1v) is 9.22. The number of benzene rings is 2. The van der Waals surface area contributed by atoms with Crippen LogP contribution in [0.3, 0.4) is 0 Å². The molecule has 0 aliphatic carbocycles. The third-order valence-corrected chi connectivity index (χ3v) is 4.48. The standard InChI is InChI=1S/C19H18Cl2N4O2/c20-12-7-8-13(14(21)10-12)19(27)23-11-18(26)22-9-3-6-17-24-15-4-1-2-5-16(15)25-17/h1-2,4-5,7-8,10H,3,6,9,11H2,(H,22,26)(H,23,27)(H,24,25). The summed E-state index contributed by atoms with van der Waals surface area (Å²) in [5.74, 6) is 0.197. The van der Waals surface area contributed by atoms with E-state index in [0.29, 0.717) is 11.6 Å². The van der Waals surface area contributed by atoms with Gasteiger partial charge in [-0.2, -0.15) is 0 Å². The Morgan fingerprint density at radius 2 is 1.89 bits per heavy atom. The molecule has 2 aromatic carbocycles. The first-order valence-electron chi connectivity index (χ1n) is 8.46. The Hall–Kier alpha value is -2.57. The van der Waals surface area contributed by atoms with Crippen LogP contribution in [0.1, 0.15) is 22.6 Å². The first kappa shape index (κ1) is 19.2. The summed E-state index contributed by atoms with van der Waals surface area (Å²) in [5, 5.41) is 5.99. The molecule has 1 aromatic heterocycles. The van der Waals surface area contributed by atoms with Gasteiger partial charge in [0, 0.05) is 18.0 Å². The summed E-state index contributed by atoms with van der Waals surface area (Å²) in [6, 6.07) is 12.4. The van der Waals surface area contributed by atoms with Crippen LogP contribution in [-0.2, 0) is 11.2 Å². The zero-order chi connectivity index (χ0) is 19.2. The lowest BCUT2D eigenvalue weighted by atomic mass is 10.2. The number of carbonyl (C=O) groups excluding carboxylic acids is 2. The third-order valence-electron chi connectivity index (χ3n) is 3.94. The molecule has 1 heterocycles. The van der Waals surface area contributed by atoms with Gasteiger partial charge in [0.2, 0.25) is 5.91 Å². The van der Waals surface area contributed by atoms with Crippen LogP contribution in [0.25, 0.3) is 11.0 Å². The zero-order valence-corrected chi connectivity index (χ0v) is 15.9. The van der Waals surface area contributed by atoms with Crippen molar-refractivity contribution in [3.63, 3.8) is 0 Å². The van der Waals surface area contributed by atoms with E-state index >= 15 is 0 Å². The third kappa shape index (κ3) is 5.21. The van der Waals surface area contributed by atoms with E-state index in [1.165, 1.54) is 12.1 Å². The summed E-state index contributed by atoms with van der Waals surface area (Å²) in [4.78, 5) is 31.7. The fraction of sp³-hybridized carbons (Fsp3) is 0.211. The predicted molar refractivity (Wildman–Crippen MR) is 106 cm³/mol. The van der Waals surface area contributed by atoms with Crippen molar-refractivity contribution in [1.29, 1.82) is 0 Å². The molecule has 0 bridgehead atoms. The van der Waals surface area contributed by atoms with Crippen LogP contribution < -0.4 is 10.6 Å². The molecule has 0 saturated carbocycles. The normalized spacial score (nSPS) is 10.7. The molecular formula is C19H18Cl2N4O2. The average Bonchev–Trinajstić information content (AvgIpc) is 3.06. The molecule has 8 heteroatoms. The number of nitrogens with one attached hydrogen (secondary N) is 3. The molecular weight excluding hydrogens is 387 g/mol. The van der Waals surface area contributed by atoms with Gasteiger partial charge in [0.15, 0.2) is 0 Å². The number of hydrogen-bond acceptors (Lipinski definition) is 3. The SMILES string of the molecule is O=C(CNC(=O)c1ccc(Cl)cc1Cl)NCCCc1nc2ccccc2[nH]1. The van der Waals surface area contributed by atoms with Crippen LogP contribution in [0.4, 0.5) is 0 Å². The molecule has 0 aliphatic rings. The number of para-hydroxylation sites is 2. The Bertz CT molecular complexity index is 938. The number of nitrogens with zero attached hydrogens (tertiary/aromatic N) is 1. The van der Waals surface area contributed by atoms with E-state index in [1.807, 2.05) is 24.3 Å². The lowest BCUT2D eigenvalue weighted by Gasteiger charge is -2.08. The van der Waals surface area contributed by atoms with Crippen LogP contribution in [-0.4, -0.2) is 34.9 Å². The van der Waals surface area contributed by atoms with Gasteiger partial charge in [-0.05, 0) is 36.8 Å². The fourth-order valence-corrected chi connectivity index (χ4v) is 3.09. The van der Waals surface area contributed by atoms with Crippen LogP contribution in [0.15, 0.2) is 42.5 Å². The summed E-state index contributed by atoms with van der Waals surface area (Å²) in [6.45, 7) is 0.371. The largest absolute Gasteiger partial charge is 0.355 e. The highest BCUT2D eigenvalue weighted by atomic mass is 35.5. The monoisotopic (exact) mass is 404 g/mol. The number of fused-ring (bicyclic) bond motifs is 1. The number of imidazole rings is 1. The number of aromatic amines is 1. The van der Waals surface area contributed by atoms with Crippen molar-refractivity contribution < 1.29 is 9.59 Å². The number of H-pyrrole nitrogens is 1. The number of halogens is 2. The second-order valence-electron chi connectivity index (χ2n) is 5.96. The molecule has 0 spiro atoms. The van der Waals surface area contributed by atoms with Crippen LogP contribution in [0.2, 0.25) is 10.0 Å². The summed E-state index contributed by atoms with van der Waals surface area (Å²) in [5.41, 5.74) is 2.21. The molecule has 6 nitrogen and oxygen atoms in total. The maximum atomic E-state index is 12.1. The van der Waals surface area contributed by atoms with Crippen molar-refractivity contribution >= 4 is 46.0 Å². The van der Waals surface area contributed by atoms with E-state index in [2.05, 4.69) is 20.6 Å². The van der Waals surface area contributed by atoms with E-state index in [-0.39, 0.29) is 23.0 Å². The molecule has 0 aliphatic heterocycles. The molecule has 0 fully saturated rings. The molecule has 2 amide bonds. The van der Waals surface area contributed by atoms with Crippen LogP contribution >= 0.6 is 23.2 Å². The lowest BCUT2D eigenvalue weighted by Crippen LogP contribution is -2.37. The highest BCUT2D eigenvalue weighted by Gasteiger charge is 2.12. The Morgan fingerprint density at radius 3 is 2.67 bits per heavy atom. The number of rotatable bonds is 7. The molecule has 27 heavy (non-hydrogen) atoms. The van der Waals surface area contributed by atoms with Gasteiger partial charge >= 0.3 is 0 Å². The number of aromatic nitrogens is 2. The number of amides is 2. The topological polar surface area (TPSA) is 86.9 Å². The zero-order valence-electron chi connectivity index (χ0n) is 14.4. The van der Waals surface area contributed by atoms with Gasteiger partial charge in [0.25, 0.3) is 5.91 Å². The second-order valence-corrected chi connectivity index (χ2v) is 6.80. The first-order chi connectivity index (χ1) is 13.0. The van der Waals surface area contributed by atoms with E-state index < -0.39 is 5.91 Å². The summed E-state index contributed by atoms with van der Waals surface area (Å²) >= 11 is 11.8. The van der Waals surface area contributed by atoms with E-state index in [9.17, 15) is 9.59 Å². The highest BCUT2D eigenvalue weighted by Crippen LogP contribution is 2.20. The van der Waals surface area contributed by atoms with Gasteiger partial charge in [0.1, 0.15) is 5.82 Å². The molecule has 140 valence electrons. The van der Waals surface area contributed by atoms with Gasteiger partial charge in [-0.1, -0.05) is 35.3 Å². The van der Waals surface area contributed by atoms with Gasteiger partial charge < -0.3 is 15.6 Å². The predicted octanol–water partition coefficient (Wildman–Crippen LogP) is 3.35. The minimum absolute atomic E-state index is 0.123. The molecule has 3 rings (SSSR count). The smallest absolute Gasteiger partial charge is 0.253 e. The minimum atomic E-state index is -0.422. The number of hydrogen-bond donors (Lipinski definition) is 3. The minimum Gasteiger partial charge on any atom is -0.355 e. The van der Waals surface area contributed by atoms with Crippen molar-refractivity contribution in [3.05, 3.63) is 63.9 Å². The number of aryl methyl sites for hydroxylation is 1. The highest BCUT2D eigenvalue weighted by molar-refractivity contribution is 6.36. The molecule has 0 saturated heterocycles. The average molecular weight is 405 g/mol. The van der Waals surface area contributed by atoms with Crippen molar-refractivity contribution in [2.75, 3.05) is 13.1 Å². The van der Waals surface area contributed by atoms with Crippen molar-refractivity contribution in [3.8, 4) is 0 Å². The van der Waals surface area contributed by atoms with Crippen molar-refractivity contribution in [2.24, 2.45) is 0 Å². The summed E-state index contributed by atoms with van der Waals surface area (Å²) < 4.78 is 0. The molecule has 0 radical (unpaired) electrons. The Morgan fingerprint density at radius 1 is 1.07 bits per heavy atom. The second kappa shape index (κ2) is 8.88. The van der Waals surface area contributed by atoms with Gasteiger partial charge in [-0.15, -0.1) is 0 Å². The Balaban J connectivity index is 1.38. The fourth-order valence-electron chi connectivity index (χ4n) is 2.60. The summed E-state index contributed by atoms with van der Waals surface area (Å²) in [7, 11) is 0. The summed E-state index contributed by atoms with van der Waals surface area (Å²) in [6.07, 6.45) is 1.46. The quantitative estimate of drug-likeness (QED) is 0.527. The number of carbonyl (C=O) groups is 2. The molecule has 3 aromatic rings. The Labute approximate surface area is 166 Å². The molecule has 3 N–H and O–H groups in total.